The number of hydrogen-bond donors (Lipinski definition) is 1. The highest BCUT2D eigenvalue weighted by Crippen LogP contribution is 2.22. The van der Waals surface area contributed by atoms with Crippen LogP contribution in [-0.2, 0) is 0 Å². The van der Waals surface area contributed by atoms with Gasteiger partial charge in [0.25, 0.3) is 5.91 Å². The number of nitrogens with zero attached hydrogens (tertiary/aromatic N) is 2. The topological polar surface area (TPSA) is 54.9 Å². The maximum absolute atomic E-state index is 12.2. The Morgan fingerprint density at radius 2 is 1.95 bits per heavy atom. The van der Waals surface area contributed by atoms with Crippen molar-refractivity contribution in [3.63, 3.8) is 0 Å². The van der Waals surface area contributed by atoms with E-state index in [4.69, 9.17) is 0 Å². The minimum atomic E-state index is -0.134. The molecule has 1 N–H and O–H groups in total. The number of nitrogens with one attached hydrogen (secondary N) is 1. The summed E-state index contributed by atoms with van der Waals surface area (Å²) in [5, 5.41) is 2.89. The summed E-state index contributed by atoms with van der Waals surface area (Å²) in [5.41, 5.74) is 2.87. The molecule has 0 saturated carbocycles. The first-order valence-corrected chi connectivity index (χ1v) is 7.34. The van der Waals surface area contributed by atoms with Crippen LogP contribution in [0.2, 0.25) is 0 Å². The number of benzene rings is 2. The zero-order valence-corrected chi connectivity index (χ0v) is 12.6. The molecule has 1 aromatic heterocycles. The van der Waals surface area contributed by atoms with Crippen LogP contribution in [0.25, 0.3) is 11.0 Å². The van der Waals surface area contributed by atoms with E-state index in [0.717, 1.165) is 26.3 Å². The average Bonchev–Trinajstić information content (AvgIpc) is 2.88. The first-order chi connectivity index (χ1) is 9.25. The lowest BCUT2D eigenvalue weighted by atomic mass is 10.2. The molecule has 0 saturated heterocycles. The highest BCUT2D eigenvalue weighted by atomic mass is 127. The number of carbonyl (C=O) groups excluding carboxylic acids is 1. The van der Waals surface area contributed by atoms with Crippen molar-refractivity contribution in [1.29, 1.82) is 0 Å². The number of anilines is 1. The van der Waals surface area contributed by atoms with Crippen LogP contribution in [0.5, 0.6) is 0 Å². The Morgan fingerprint density at radius 3 is 2.79 bits per heavy atom. The number of hydrogen-bond acceptors (Lipinski definition) is 4. The molecule has 6 heteroatoms. The van der Waals surface area contributed by atoms with Crippen LogP contribution in [-0.4, -0.2) is 14.7 Å². The van der Waals surface area contributed by atoms with Gasteiger partial charge < -0.3 is 5.32 Å². The van der Waals surface area contributed by atoms with Crippen molar-refractivity contribution in [1.82, 2.24) is 8.75 Å². The minimum absolute atomic E-state index is 0.134. The van der Waals surface area contributed by atoms with Gasteiger partial charge in [0.15, 0.2) is 0 Å². The molecule has 0 aliphatic heterocycles. The molecular formula is C13H8IN3OS. The van der Waals surface area contributed by atoms with Crippen LogP contribution in [0, 0.1) is 3.57 Å². The number of aromatic nitrogens is 2. The molecular weight excluding hydrogens is 373 g/mol. The molecule has 0 atom stereocenters. The zero-order chi connectivity index (χ0) is 13.2. The van der Waals surface area contributed by atoms with E-state index in [9.17, 15) is 4.79 Å². The van der Waals surface area contributed by atoms with Crippen molar-refractivity contribution in [2.45, 2.75) is 0 Å². The molecule has 94 valence electrons. The first-order valence-electron chi connectivity index (χ1n) is 5.53. The van der Waals surface area contributed by atoms with Crippen LogP contribution in [0.1, 0.15) is 10.4 Å². The van der Waals surface area contributed by atoms with Gasteiger partial charge in [0.05, 0.1) is 23.0 Å². The first kappa shape index (κ1) is 12.5. The molecule has 19 heavy (non-hydrogen) atoms. The van der Waals surface area contributed by atoms with E-state index in [1.54, 1.807) is 6.07 Å². The van der Waals surface area contributed by atoms with E-state index in [1.165, 1.54) is 0 Å². The fourth-order valence-corrected chi connectivity index (χ4v) is 2.92. The van der Waals surface area contributed by atoms with Gasteiger partial charge in [-0.15, -0.1) is 0 Å². The van der Waals surface area contributed by atoms with Crippen molar-refractivity contribution in [3.05, 3.63) is 51.6 Å². The Hall–Kier alpha value is -1.54. The van der Waals surface area contributed by atoms with E-state index in [1.807, 2.05) is 36.4 Å². The van der Waals surface area contributed by atoms with Gasteiger partial charge in [-0.2, -0.15) is 8.75 Å². The van der Waals surface area contributed by atoms with Crippen molar-refractivity contribution in [2.24, 2.45) is 0 Å². The minimum Gasteiger partial charge on any atom is -0.320 e. The standard InChI is InChI=1S/C13H8IN3OS/c14-9-5-2-1-4-8(9)13(18)15-10-6-3-7-11-12(10)17-19-16-11/h1-7H,(H,15,18). The maximum atomic E-state index is 12.2. The Labute approximate surface area is 127 Å². The van der Waals surface area contributed by atoms with Crippen molar-refractivity contribution in [3.8, 4) is 0 Å². The smallest absolute Gasteiger partial charge is 0.256 e. The summed E-state index contributed by atoms with van der Waals surface area (Å²) in [6, 6.07) is 13.0. The second kappa shape index (κ2) is 5.22. The quantitative estimate of drug-likeness (QED) is 0.691. The third-order valence-electron chi connectivity index (χ3n) is 2.65. The summed E-state index contributed by atoms with van der Waals surface area (Å²) in [4.78, 5) is 12.2. The van der Waals surface area contributed by atoms with Gasteiger partial charge in [-0.05, 0) is 46.9 Å². The van der Waals surface area contributed by atoms with Gasteiger partial charge in [0, 0.05) is 3.57 Å². The predicted octanol–water partition coefficient (Wildman–Crippen LogP) is 3.55. The molecule has 1 amide bonds. The molecule has 0 unspecified atom stereocenters. The van der Waals surface area contributed by atoms with Gasteiger partial charge in [-0.25, -0.2) is 0 Å². The largest absolute Gasteiger partial charge is 0.320 e. The summed E-state index contributed by atoms with van der Waals surface area (Å²) < 4.78 is 9.27. The maximum Gasteiger partial charge on any atom is 0.256 e. The SMILES string of the molecule is O=C(Nc1cccc2nsnc12)c1ccccc1I. The Morgan fingerprint density at radius 1 is 1.11 bits per heavy atom. The molecule has 2 aromatic carbocycles. The Balaban J connectivity index is 1.95. The van der Waals surface area contributed by atoms with Crippen molar-refractivity contribution >= 4 is 56.9 Å². The third kappa shape index (κ3) is 2.45. The number of carbonyl (C=O) groups is 1. The van der Waals surface area contributed by atoms with Gasteiger partial charge in [0.1, 0.15) is 11.0 Å². The Kier molecular flexibility index (Phi) is 3.43. The van der Waals surface area contributed by atoms with E-state index in [2.05, 4.69) is 36.7 Å². The molecule has 0 bridgehead atoms. The summed E-state index contributed by atoms with van der Waals surface area (Å²) in [6.45, 7) is 0. The van der Waals surface area contributed by atoms with Crippen LogP contribution < -0.4 is 5.32 Å². The molecule has 0 spiro atoms. The molecule has 0 aliphatic carbocycles. The van der Waals surface area contributed by atoms with Crippen LogP contribution in [0.15, 0.2) is 42.5 Å². The number of amides is 1. The van der Waals surface area contributed by atoms with E-state index in [0.29, 0.717) is 11.3 Å². The second-order valence-corrected chi connectivity index (χ2v) is 5.56. The molecule has 0 radical (unpaired) electrons. The van der Waals surface area contributed by atoms with Crippen LogP contribution >= 0.6 is 34.3 Å². The summed E-state index contributed by atoms with van der Waals surface area (Å²) in [5.74, 6) is -0.134. The van der Waals surface area contributed by atoms with E-state index < -0.39 is 0 Å². The molecule has 1 heterocycles. The second-order valence-electron chi connectivity index (χ2n) is 3.87. The molecule has 4 nitrogen and oxygen atoms in total. The number of halogens is 1. The zero-order valence-electron chi connectivity index (χ0n) is 9.63. The molecule has 0 aliphatic rings. The molecule has 3 rings (SSSR count). The van der Waals surface area contributed by atoms with Crippen molar-refractivity contribution in [2.75, 3.05) is 5.32 Å². The fraction of sp³-hybridized carbons (Fsp3) is 0. The van der Waals surface area contributed by atoms with Gasteiger partial charge in [0.2, 0.25) is 0 Å². The fourth-order valence-electron chi connectivity index (χ4n) is 1.74. The van der Waals surface area contributed by atoms with E-state index in [-0.39, 0.29) is 5.91 Å². The summed E-state index contributed by atoms with van der Waals surface area (Å²) in [7, 11) is 0. The third-order valence-corrected chi connectivity index (χ3v) is 4.14. The average molecular weight is 381 g/mol. The summed E-state index contributed by atoms with van der Waals surface area (Å²) >= 11 is 3.29. The van der Waals surface area contributed by atoms with Crippen molar-refractivity contribution < 1.29 is 4.79 Å². The summed E-state index contributed by atoms with van der Waals surface area (Å²) in [6.07, 6.45) is 0. The number of fused-ring (bicyclic) bond motifs is 1. The molecule has 0 fully saturated rings. The monoisotopic (exact) mass is 381 g/mol. The number of rotatable bonds is 2. The predicted molar refractivity (Wildman–Crippen MR) is 84.5 cm³/mol. The molecule has 3 aromatic rings. The lowest BCUT2D eigenvalue weighted by Crippen LogP contribution is -2.13. The Bertz CT molecular complexity index is 756. The van der Waals surface area contributed by atoms with Gasteiger partial charge >= 0.3 is 0 Å². The normalized spacial score (nSPS) is 10.6. The van der Waals surface area contributed by atoms with Gasteiger partial charge in [-0.1, -0.05) is 18.2 Å². The lowest BCUT2D eigenvalue weighted by Gasteiger charge is -2.06. The van der Waals surface area contributed by atoms with E-state index >= 15 is 0 Å². The van der Waals surface area contributed by atoms with Crippen LogP contribution in [0.4, 0.5) is 5.69 Å². The van der Waals surface area contributed by atoms with Crippen LogP contribution in [0.3, 0.4) is 0 Å². The highest BCUT2D eigenvalue weighted by molar-refractivity contribution is 14.1. The highest BCUT2D eigenvalue weighted by Gasteiger charge is 2.12. The lowest BCUT2D eigenvalue weighted by molar-refractivity contribution is 0.102. The van der Waals surface area contributed by atoms with Gasteiger partial charge in [-0.3, -0.25) is 4.79 Å².